The van der Waals surface area contributed by atoms with Crippen LogP contribution >= 0.6 is 0 Å². The second kappa shape index (κ2) is 5.72. The van der Waals surface area contributed by atoms with Gasteiger partial charge in [-0.2, -0.15) is 0 Å². The van der Waals surface area contributed by atoms with Crippen LogP contribution < -0.4 is 5.73 Å². The summed E-state index contributed by atoms with van der Waals surface area (Å²) in [5, 5.41) is 0. The van der Waals surface area contributed by atoms with E-state index < -0.39 is 5.54 Å². The fourth-order valence-corrected chi connectivity index (χ4v) is 2.49. The first-order chi connectivity index (χ1) is 9.01. The van der Waals surface area contributed by atoms with Crippen molar-refractivity contribution in [2.45, 2.75) is 31.8 Å². The van der Waals surface area contributed by atoms with Crippen LogP contribution in [0.4, 0.5) is 0 Å². The summed E-state index contributed by atoms with van der Waals surface area (Å²) in [6.07, 6.45) is 1.20. The Balaban J connectivity index is 2.03. The molecule has 2 rings (SSSR count). The highest BCUT2D eigenvalue weighted by atomic mass is 16.5. The molecule has 0 aromatic heterocycles. The number of amides is 1. The summed E-state index contributed by atoms with van der Waals surface area (Å²) in [4.78, 5) is 14.2. The lowest BCUT2D eigenvalue weighted by Gasteiger charge is -2.35. The lowest BCUT2D eigenvalue weighted by Crippen LogP contribution is -2.57. The van der Waals surface area contributed by atoms with Gasteiger partial charge in [0, 0.05) is 26.8 Å². The van der Waals surface area contributed by atoms with Gasteiger partial charge in [-0.05, 0) is 25.3 Å². The van der Waals surface area contributed by atoms with Crippen molar-refractivity contribution < 1.29 is 9.53 Å². The zero-order chi connectivity index (χ0) is 13.9. The number of nitrogens with two attached hydrogens (primary N) is 1. The molecule has 1 aromatic rings. The fourth-order valence-electron chi connectivity index (χ4n) is 2.49. The number of benzene rings is 1. The van der Waals surface area contributed by atoms with Crippen molar-refractivity contribution in [1.82, 2.24) is 4.90 Å². The Labute approximate surface area is 114 Å². The SMILES string of the molecule is Cc1cccc(CN(C)C(=O)C2(N)CCOCC2)c1. The van der Waals surface area contributed by atoms with Crippen molar-refractivity contribution >= 4 is 5.91 Å². The molecular formula is C15H22N2O2. The van der Waals surface area contributed by atoms with Crippen LogP contribution in [-0.2, 0) is 16.1 Å². The summed E-state index contributed by atoms with van der Waals surface area (Å²) in [6, 6.07) is 8.19. The van der Waals surface area contributed by atoms with Gasteiger partial charge in [-0.3, -0.25) is 4.79 Å². The Kier molecular flexibility index (Phi) is 4.22. The molecule has 0 atom stereocenters. The molecular weight excluding hydrogens is 240 g/mol. The van der Waals surface area contributed by atoms with Gasteiger partial charge < -0.3 is 15.4 Å². The molecule has 1 heterocycles. The average Bonchev–Trinajstić information content (AvgIpc) is 2.38. The van der Waals surface area contributed by atoms with E-state index in [2.05, 4.69) is 6.07 Å². The number of carbonyl (C=O) groups excluding carboxylic acids is 1. The molecule has 1 aliphatic rings. The molecule has 1 fully saturated rings. The lowest BCUT2D eigenvalue weighted by atomic mass is 9.89. The first-order valence-corrected chi connectivity index (χ1v) is 6.69. The third-order valence-corrected chi connectivity index (χ3v) is 3.66. The maximum absolute atomic E-state index is 12.5. The minimum absolute atomic E-state index is 0.0114. The minimum atomic E-state index is -0.753. The van der Waals surface area contributed by atoms with Gasteiger partial charge in [0.2, 0.25) is 5.91 Å². The highest BCUT2D eigenvalue weighted by Crippen LogP contribution is 2.21. The van der Waals surface area contributed by atoms with Crippen LogP contribution in [0.1, 0.15) is 24.0 Å². The third-order valence-electron chi connectivity index (χ3n) is 3.66. The van der Waals surface area contributed by atoms with Crippen molar-refractivity contribution in [3.05, 3.63) is 35.4 Å². The second-order valence-electron chi connectivity index (χ2n) is 5.42. The average molecular weight is 262 g/mol. The molecule has 0 bridgehead atoms. The fraction of sp³-hybridized carbons (Fsp3) is 0.533. The van der Waals surface area contributed by atoms with Gasteiger partial charge in [-0.25, -0.2) is 0 Å². The van der Waals surface area contributed by atoms with E-state index in [0.29, 0.717) is 32.6 Å². The molecule has 0 aliphatic carbocycles. The topological polar surface area (TPSA) is 55.6 Å². The van der Waals surface area contributed by atoms with Crippen LogP contribution in [0.3, 0.4) is 0 Å². The predicted octanol–water partition coefficient (Wildman–Crippen LogP) is 1.46. The Morgan fingerprint density at radius 3 is 2.74 bits per heavy atom. The predicted molar refractivity (Wildman–Crippen MR) is 74.6 cm³/mol. The molecule has 1 aromatic carbocycles. The van der Waals surface area contributed by atoms with Gasteiger partial charge in [0.05, 0.1) is 5.54 Å². The summed E-state index contributed by atoms with van der Waals surface area (Å²) in [5.41, 5.74) is 7.79. The maximum atomic E-state index is 12.5. The van der Waals surface area contributed by atoms with E-state index in [-0.39, 0.29) is 5.91 Å². The standard InChI is InChI=1S/C15H22N2O2/c1-12-4-3-5-13(10-12)11-17(2)14(18)15(16)6-8-19-9-7-15/h3-5,10H,6-9,11,16H2,1-2H3. The zero-order valence-electron chi connectivity index (χ0n) is 11.7. The van der Waals surface area contributed by atoms with Gasteiger partial charge >= 0.3 is 0 Å². The van der Waals surface area contributed by atoms with E-state index in [1.165, 1.54) is 5.56 Å². The normalized spacial score (nSPS) is 18.1. The van der Waals surface area contributed by atoms with Crippen LogP contribution in [0.15, 0.2) is 24.3 Å². The first-order valence-electron chi connectivity index (χ1n) is 6.69. The van der Waals surface area contributed by atoms with Gasteiger partial charge in [-0.1, -0.05) is 29.8 Å². The first kappa shape index (κ1) is 14.0. The molecule has 0 spiro atoms. The van der Waals surface area contributed by atoms with Crippen LogP contribution in [-0.4, -0.2) is 36.6 Å². The van der Waals surface area contributed by atoms with Crippen molar-refractivity contribution in [3.8, 4) is 0 Å². The number of carbonyl (C=O) groups is 1. The summed E-state index contributed by atoms with van der Waals surface area (Å²) in [5.74, 6) is 0.0114. The Morgan fingerprint density at radius 1 is 1.42 bits per heavy atom. The molecule has 4 nitrogen and oxygen atoms in total. The largest absolute Gasteiger partial charge is 0.381 e. The number of nitrogens with zero attached hydrogens (tertiary/aromatic N) is 1. The molecule has 1 amide bonds. The van der Waals surface area contributed by atoms with Crippen molar-refractivity contribution in [1.29, 1.82) is 0 Å². The molecule has 0 radical (unpaired) electrons. The summed E-state index contributed by atoms with van der Waals surface area (Å²) in [6.45, 7) is 3.79. The number of hydrogen-bond acceptors (Lipinski definition) is 3. The van der Waals surface area contributed by atoms with E-state index in [1.54, 1.807) is 4.90 Å². The van der Waals surface area contributed by atoms with Crippen molar-refractivity contribution in [3.63, 3.8) is 0 Å². The van der Waals surface area contributed by atoms with Crippen LogP contribution in [0, 0.1) is 6.92 Å². The highest BCUT2D eigenvalue weighted by Gasteiger charge is 2.37. The van der Waals surface area contributed by atoms with Gasteiger partial charge in [0.15, 0.2) is 0 Å². The molecule has 104 valence electrons. The monoisotopic (exact) mass is 262 g/mol. The van der Waals surface area contributed by atoms with Gasteiger partial charge in [0.1, 0.15) is 0 Å². The van der Waals surface area contributed by atoms with Crippen molar-refractivity contribution in [2.75, 3.05) is 20.3 Å². The summed E-state index contributed by atoms with van der Waals surface area (Å²) in [7, 11) is 1.81. The lowest BCUT2D eigenvalue weighted by molar-refractivity contribution is -0.139. The van der Waals surface area contributed by atoms with E-state index >= 15 is 0 Å². The second-order valence-corrected chi connectivity index (χ2v) is 5.42. The number of likely N-dealkylation sites (N-methyl/N-ethyl adjacent to an activating group) is 1. The van der Waals surface area contributed by atoms with Crippen LogP contribution in [0.25, 0.3) is 0 Å². The number of rotatable bonds is 3. The maximum Gasteiger partial charge on any atom is 0.242 e. The van der Waals surface area contributed by atoms with Gasteiger partial charge in [0.25, 0.3) is 0 Å². The number of hydrogen-bond donors (Lipinski definition) is 1. The van der Waals surface area contributed by atoms with E-state index in [1.807, 2.05) is 32.2 Å². The van der Waals surface area contributed by atoms with Gasteiger partial charge in [-0.15, -0.1) is 0 Å². The van der Waals surface area contributed by atoms with E-state index in [4.69, 9.17) is 10.5 Å². The molecule has 1 aliphatic heterocycles. The highest BCUT2D eigenvalue weighted by molar-refractivity contribution is 5.86. The van der Waals surface area contributed by atoms with Crippen molar-refractivity contribution in [2.24, 2.45) is 5.73 Å². The summed E-state index contributed by atoms with van der Waals surface area (Å²) >= 11 is 0. The zero-order valence-corrected chi connectivity index (χ0v) is 11.7. The minimum Gasteiger partial charge on any atom is -0.381 e. The van der Waals surface area contributed by atoms with E-state index in [9.17, 15) is 4.79 Å². The quantitative estimate of drug-likeness (QED) is 0.897. The smallest absolute Gasteiger partial charge is 0.242 e. The molecule has 4 heteroatoms. The molecule has 2 N–H and O–H groups in total. The summed E-state index contributed by atoms with van der Waals surface area (Å²) < 4.78 is 5.28. The van der Waals surface area contributed by atoms with E-state index in [0.717, 1.165) is 5.56 Å². The number of ether oxygens (including phenoxy) is 1. The molecule has 0 unspecified atom stereocenters. The molecule has 0 saturated carbocycles. The Bertz CT molecular complexity index is 453. The number of aryl methyl sites for hydroxylation is 1. The van der Waals surface area contributed by atoms with Crippen LogP contribution in [0.2, 0.25) is 0 Å². The molecule has 1 saturated heterocycles. The Hall–Kier alpha value is -1.39. The third kappa shape index (κ3) is 3.33. The molecule has 19 heavy (non-hydrogen) atoms. The Morgan fingerprint density at radius 2 is 2.11 bits per heavy atom. The van der Waals surface area contributed by atoms with Crippen LogP contribution in [0.5, 0.6) is 0 Å².